The van der Waals surface area contributed by atoms with Gasteiger partial charge < -0.3 is 5.73 Å². The second-order valence-electron chi connectivity index (χ2n) is 5.44. The lowest BCUT2D eigenvalue weighted by Gasteiger charge is -2.26. The van der Waals surface area contributed by atoms with E-state index >= 15 is 0 Å². The smallest absolute Gasteiger partial charge is 0.0941 e. The summed E-state index contributed by atoms with van der Waals surface area (Å²) in [4.78, 5) is 7.22. The zero-order valence-electron chi connectivity index (χ0n) is 11.6. The molecule has 0 radical (unpaired) electrons. The summed E-state index contributed by atoms with van der Waals surface area (Å²) in [5.74, 6) is 0. The van der Waals surface area contributed by atoms with Crippen molar-refractivity contribution in [2.75, 3.05) is 19.6 Å². The van der Waals surface area contributed by atoms with Gasteiger partial charge in [0.2, 0.25) is 0 Å². The molecule has 0 spiro atoms. The van der Waals surface area contributed by atoms with Crippen molar-refractivity contribution in [3.8, 4) is 0 Å². The van der Waals surface area contributed by atoms with Gasteiger partial charge in [0.05, 0.1) is 10.7 Å². The van der Waals surface area contributed by atoms with Crippen LogP contribution in [0.4, 0.5) is 0 Å². The van der Waals surface area contributed by atoms with E-state index in [4.69, 9.17) is 5.73 Å². The second kappa shape index (κ2) is 6.13. The van der Waals surface area contributed by atoms with Gasteiger partial charge in [-0.1, -0.05) is 13.8 Å². The molecule has 0 aliphatic carbocycles. The number of hydrogen-bond acceptors (Lipinski definition) is 4. The van der Waals surface area contributed by atoms with E-state index in [9.17, 15) is 0 Å². The zero-order chi connectivity index (χ0) is 13.0. The van der Waals surface area contributed by atoms with Crippen molar-refractivity contribution in [3.63, 3.8) is 0 Å². The standard InChI is InChI=1S/C14H25N3S/c1-3-14(4-2)6-8-17(11-14)9-12-10-18-13(16-12)5-7-15/h10H,3-9,11,15H2,1-2H3. The highest BCUT2D eigenvalue weighted by atomic mass is 32.1. The Kier molecular flexibility index (Phi) is 4.76. The lowest BCUT2D eigenvalue weighted by molar-refractivity contribution is 0.235. The van der Waals surface area contributed by atoms with Crippen LogP contribution < -0.4 is 5.73 Å². The topological polar surface area (TPSA) is 42.1 Å². The number of likely N-dealkylation sites (tertiary alicyclic amines) is 1. The van der Waals surface area contributed by atoms with Gasteiger partial charge in [-0.2, -0.15) is 0 Å². The quantitative estimate of drug-likeness (QED) is 0.861. The maximum Gasteiger partial charge on any atom is 0.0941 e. The molecule has 2 rings (SSSR count). The van der Waals surface area contributed by atoms with E-state index in [1.165, 1.54) is 43.1 Å². The summed E-state index contributed by atoms with van der Waals surface area (Å²) >= 11 is 1.75. The molecule has 1 aromatic heterocycles. The normalized spacial score (nSPS) is 19.5. The van der Waals surface area contributed by atoms with Crippen molar-refractivity contribution in [1.29, 1.82) is 0 Å². The van der Waals surface area contributed by atoms with Gasteiger partial charge in [0.25, 0.3) is 0 Å². The van der Waals surface area contributed by atoms with E-state index < -0.39 is 0 Å². The van der Waals surface area contributed by atoms with Crippen molar-refractivity contribution in [1.82, 2.24) is 9.88 Å². The van der Waals surface area contributed by atoms with Crippen molar-refractivity contribution in [3.05, 3.63) is 16.1 Å². The molecule has 102 valence electrons. The monoisotopic (exact) mass is 267 g/mol. The number of aromatic nitrogens is 1. The van der Waals surface area contributed by atoms with E-state index in [0.717, 1.165) is 13.0 Å². The van der Waals surface area contributed by atoms with Crippen molar-refractivity contribution < 1.29 is 0 Å². The van der Waals surface area contributed by atoms with Crippen molar-refractivity contribution in [2.45, 2.75) is 46.1 Å². The second-order valence-corrected chi connectivity index (χ2v) is 6.38. The number of rotatable bonds is 6. The van der Waals surface area contributed by atoms with Gasteiger partial charge in [0.15, 0.2) is 0 Å². The highest BCUT2D eigenvalue weighted by Gasteiger charge is 2.34. The number of thiazole rings is 1. The summed E-state index contributed by atoms with van der Waals surface area (Å²) < 4.78 is 0. The van der Waals surface area contributed by atoms with Crippen LogP contribution >= 0.6 is 11.3 Å². The van der Waals surface area contributed by atoms with E-state index in [0.29, 0.717) is 12.0 Å². The molecule has 0 amide bonds. The van der Waals surface area contributed by atoms with Crippen LogP contribution in [0.1, 0.15) is 43.8 Å². The molecule has 0 unspecified atom stereocenters. The minimum atomic E-state index is 0.566. The van der Waals surface area contributed by atoms with Gasteiger partial charge >= 0.3 is 0 Å². The molecule has 1 aliphatic heterocycles. The highest BCUT2D eigenvalue weighted by Crippen LogP contribution is 2.37. The molecule has 3 nitrogen and oxygen atoms in total. The van der Waals surface area contributed by atoms with Crippen molar-refractivity contribution in [2.24, 2.45) is 11.1 Å². The molecule has 2 heterocycles. The Morgan fingerprint density at radius 3 is 2.83 bits per heavy atom. The molecule has 1 aromatic rings. The molecule has 4 heteroatoms. The fraction of sp³-hybridized carbons (Fsp3) is 0.786. The Bertz CT molecular complexity index is 371. The average molecular weight is 267 g/mol. The molecule has 0 bridgehead atoms. The van der Waals surface area contributed by atoms with Crippen LogP contribution in [-0.4, -0.2) is 29.5 Å². The predicted octanol–water partition coefficient (Wildman–Crippen LogP) is 2.66. The fourth-order valence-corrected chi connectivity index (χ4v) is 3.68. The van der Waals surface area contributed by atoms with Gasteiger partial charge in [-0.15, -0.1) is 11.3 Å². The number of nitrogens with two attached hydrogens (primary N) is 1. The van der Waals surface area contributed by atoms with Crippen LogP contribution in [0.25, 0.3) is 0 Å². The maximum absolute atomic E-state index is 5.56. The molecule has 0 atom stereocenters. The summed E-state index contributed by atoms with van der Waals surface area (Å²) in [5.41, 5.74) is 7.36. The first-order chi connectivity index (χ1) is 8.71. The SMILES string of the molecule is CCC1(CC)CCN(Cc2csc(CCN)n2)C1. The molecule has 1 saturated heterocycles. The molecule has 1 aliphatic rings. The van der Waals surface area contributed by atoms with Crippen LogP contribution in [0.15, 0.2) is 5.38 Å². The molecule has 1 fully saturated rings. The van der Waals surface area contributed by atoms with Crippen LogP contribution in [0.3, 0.4) is 0 Å². The largest absolute Gasteiger partial charge is 0.330 e. The first kappa shape index (κ1) is 14.0. The Balaban J connectivity index is 1.90. The lowest BCUT2D eigenvalue weighted by atomic mass is 9.82. The summed E-state index contributed by atoms with van der Waals surface area (Å²) in [7, 11) is 0. The molecular weight excluding hydrogens is 242 g/mol. The Hall–Kier alpha value is -0.450. The fourth-order valence-electron chi connectivity index (χ4n) is 2.88. The van der Waals surface area contributed by atoms with Gasteiger partial charge in [0, 0.05) is 24.9 Å². The van der Waals surface area contributed by atoms with Gasteiger partial charge in [-0.3, -0.25) is 4.90 Å². The first-order valence-corrected chi connectivity index (χ1v) is 7.95. The van der Waals surface area contributed by atoms with E-state index in [1.807, 2.05) is 0 Å². The van der Waals surface area contributed by atoms with E-state index in [2.05, 4.69) is 29.1 Å². The van der Waals surface area contributed by atoms with E-state index in [-0.39, 0.29) is 0 Å². The van der Waals surface area contributed by atoms with Crippen LogP contribution in [-0.2, 0) is 13.0 Å². The minimum absolute atomic E-state index is 0.566. The Morgan fingerprint density at radius 2 is 2.22 bits per heavy atom. The van der Waals surface area contributed by atoms with Crippen LogP contribution in [0.2, 0.25) is 0 Å². The molecule has 0 aromatic carbocycles. The third-order valence-electron chi connectivity index (χ3n) is 4.36. The first-order valence-electron chi connectivity index (χ1n) is 7.07. The third kappa shape index (κ3) is 3.11. The summed E-state index contributed by atoms with van der Waals surface area (Å²) in [6, 6.07) is 0. The highest BCUT2D eigenvalue weighted by molar-refractivity contribution is 7.09. The lowest BCUT2D eigenvalue weighted by Crippen LogP contribution is -2.26. The number of nitrogens with zero attached hydrogens (tertiary/aromatic N) is 2. The Labute approximate surface area is 114 Å². The molecular formula is C14H25N3S. The van der Waals surface area contributed by atoms with Gasteiger partial charge in [-0.25, -0.2) is 4.98 Å². The van der Waals surface area contributed by atoms with Gasteiger partial charge in [0.1, 0.15) is 0 Å². The minimum Gasteiger partial charge on any atom is -0.330 e. The average Bonchev–Trinajstić information content (AvgIpc) is 2.98. The summed E-state index contributed by atoms with van der Waals surface area (Å²) in [6.07, 6.45) is 4.86. The maximum atomic E-state index is 5.56. The summed E-state index contributed by atoms with van der Waals surface area (Å²) in [5, 5.41) is 3.38. The third-order valence-corrected chi connectivity index (χ3v) is 5.32. The van der Waals surface area contributed by atoms with E-state index in [1.54, 1.807) is 11.3 Å². The number of hydrogen-bond donors (Lipinski definition) is 1. The predicted molar refractivity (Wildman–Crippen MR) is 77.8 cm³/mol. The summed E-state index contributed by atoms with van der Waals surface area (Å²) in [6.45, 7) is 8.84. The molecule has 18 heavy (non-hydrogen) atoms. The van der Waals surface area contributed by atoms with Crippen LogP contribution in [0, 0.1) is 5.41 Å². The zero-order valence-corrected chi connectivity index (χ0v) is 12.4. The van der Waals surface area contributed by atoms with Crippen LogP contribution in [0.5, 0.6) is 0 Å². The molecule has 0 saturated carbocycles. The van der Waals surface area contributed by atoms with Gasteiger partial charge in [-0.05, 0) is 37.8 Å². The van der Waals surface area contributed by atoms with Crippen molar-refractivity contribution >= 4 is 11.3 Å². The molecule has 2 N–H and O–H groups in total. The Morgan fingerprint density at radius 1 is 1.44 bits per heavy atom.